The van der Waals surface area contributed by atoms with Crippen LogP contribution in [0.1, 0.15) is 22.3 Å². The van der Waals surface area contributed by atoms with Crippen LogP contribution in [0.2, 0.25) is 0 Å². The fourth-order valence-electron chi connectivity index (χ4n) is 4.26. The Labute approximate surface area is 250 Å². The molecule has 1 aromatic heterocycles. The molecule has 0 bridgehead atoms. The standard InChI is InChI=1S/C33H30N2O7S/c1-23-8-6-11-27(20-23)43(37,38)41-19-7-18-40-32-22-29-28(21-31(32)39-2)30(16-17-34-29)42-26-14-12-25(13-15-26)35-33(36)24-9-4-3-5-10-24/h3-6,8-17,20-22H,7,18-19H2,1-2H3,(H,35,36). The van der Waals surface area contributed by atoms with Crippen molar-refractivity contribution < 1.29 is 31.6 Å². The molecule has 43 heavy (non-hydrogen) atoms. The third kappa shape index (κ3) is 7.48. The van der Waals surface area contributed by atoms with E-state index in [0.717, 1.165) is 5.56 Å². The monoisotopic (exact) mass is 598 g/mol. The highest BCUT2D eigenvalue weighted by Crippen LogP contribution is 2.37. The average molecular weight is 599 g/mol. The quantitative estimate of drug-likeness (QED) is 0.124. The Morgan fingerprint density at radius 3 is 2.37 bits per heavy atom. The SMILES string of the molecule is COc1cc2c(Oc3ccc(NC(=O)c4ccccc4)cc3)ccnc2cc1OCCCOS(=O)(=O)c1cccc(C)c1. The van der Waals surface area contributed by atoms with Gasteiger partial charge < -0.3 is 19.5 Å². The number of hydrogen-bond acceptors (Lipinski definition) is 8. The van der Waals surface area contributed by atoms with Gasteiger partial charge in [-0.05, 0) is 73.2 Å². The highest BCUT2D eigenvalue weighted by Gasteiger charge is 2.16. The zero-order valence-corrected chi connectivity index (χ0v) is 24.5. The first-order valence-electron chi connectivity index (χ1n) is 13.5. The summed E-state index contributed by atoms with van der Waals surface area (Å²) >= 11 is 0. The summed E-state index contributed by atoms with van der Waals surface area (Å²) in [4.78, 5) is 17.0. The lowest BCUT2D eigenvalue weighted by atomic mass is 10.1. The minimum absolute atomic E-state index is 0.0306. The zero-order valence-electron chi connectivity index (χ0n) is 23.6. The third-order valence-corrected chi connectivity index (χ3v) is 7.73. The summed E-state index contributed by atoms with van der Waals surface area (Å²) < 4.78 is 47.6. The van der Waals surface area contributed by atoms with E-state index >= 15 is 0 Å². The van der Waals surface area contributed by atoms with E-state index < -0.39 is 10.1 Å². The molecule has 0 spiro atoms. The van der Waals surface area contributed by atoms with Gasteiger partial charge in [-0.25, -0.2) is 0 Å². The maximum absolute atomic E-state index is 12.4. The first-order chi connectivity index (χ1) is 20.8. The van der Waals surface area contributed by atoms with Crippen LogP contribution in [-0.2, 0) is 14.3 Å². The van der Waals surface area contributed by atoms with Gasteiger partial charge in [0.15, 0.2) is 11.5 Å². The van der Waals surface area contributed by atoms with Crippen molar-refractivity contribution >= 4 is 32.6 Å². The van der Waals surface area contributed by atoms with Crippen molar-refractivity contribution in [1.82, 2.24) is 4.98 Å². The summed E-state index contributed by atoms with van der Waals surface area (Å²) in [6.45, 7) is 1.99. The normalized spacial score (nSPS) is 11.2. The van der Waals surface area contributed by atoms with Crippen LogP contribution in [0.4, 0.5) is 5.69 Å². The van der Waals surface area contributed by atoms with Crippen LogP contribution in [0.3, 0.4) is 0 Å². The van der Waals surface area contributed by atoms with Crippen LogP contribution in [0.25, 0.3) is 10.9 Å². The predicted octanol–water partition coefficient (Wildman–Crippen LogP) is 6.77. The van der Waals surface area contributed by atoms with Crippen molar-refractivity contribution in [1.29, 1.82) is 0 Å². The topological polar surface area (TPSA) is 113 Å². The lowest BCUT2D eigenvalue weighted by Crippen LogP contribution is -2.11. The Bertz CT molecular complexity index is 1830. The lowest BCUT2D eigenvalue weighted by Gasteiger charge is -2.14. The van der Waals surface area contributed by atoms with E-state index in [1.807, 2.05) is 31.2 Å². The number of hydrogen-bond donors (Lipinski definition) is 1. The highest BCUT2D eigenvalue weighted by molar-refractivity contribution is 7.86. The van der Waals surface area contributed by atoms with Crippen LogP contribution < -0.4 is 19.5 Å². The highest BCUT2D eigenvalue weighted by atomic mass is 32.2. The molecule has 4 aromatic carbocycles. The fraction of sp³-hybridized carbons (Fsp3) is 0.152. The molecule has 0 aliphatic rings. The molecule has 0 fully saturated rings. The summed E-state index contributed by atoms with van der Waals surface area (Å²) in [6, 6.07) is 27.9. The van der Waals surface area contributed by atoms with Crippen molar-refractivity contribution in [3.8, 4) is 23.0 Å². The van der Waals surface area contributed by atoms with Gasteiger partial charge in [-0.2, -0.15) is 8.42 Å². The van der Waals surface area contributed by atoms with Gasteiger partial charge in [0, 0.05) is 35.3 Å². The van der Waals surface area contributed by atoms with Crippen molar-refractivity contribution in [3.63, 3.8) is 0 Å². The van der Waals surface area contributed by atoms with Gasteiger partial charge in [0.1, 0.15) is 11.5 Å². The van der Waals surface area contributed by atoms with E-state index in [-0.39, 0.29) is 24.0 Å². The molecule has 0 radical (unpaired) electrons. The molecule has 9 nitrogen and oxygen atoms in total. The molecule has 5 aromatic rings. The summed E-state index contributed by atoms with van der Waals surface area (Å²) in [7, 11) is -2.31. The van der Waals surface area contributed by atoms with Crippen LogP contribution in [0.15, 0.2) is 108 Å². The van der Waals surface area contributed by atoms with Crippen LogP contribution in [0, 0.1) is 6.92 Å². The number of fused-ring (bicyclic) bond motifs is 1. The van der Waals surface area contributed by atoms with E-state index in [0.29, 0.717) is 51.6 Å². The summed E-state index contributed by atoms with van der Waals surface area (Å²) in [5.74, 6) is 1.87. The van der Waals surface area contributed by atoms with Crippen LogP contribution in [0.5, 0.6) is 23.0 Å². The third-order valence-electron chi connectivity index (χ3n) is 6.43. The first-order valence-corrected chi connectivity index (χ1v) is 14.9. The van der Waals surface area contributed by atoms with Crippen molar-refractivity contribution in [2.24, 2.45) is 0 Å². The molecule has 1 N–H and O–H groups in total. The summed E-state index contributed by atoms with van der Waals surface area (Å²) in [6.07, 6.45) is 1.97. The summed E-state index contributed by atoms with van der Waals surface area (Å²) in [5.41, 5.74) is 2.67. The second kappa shape index (κ2) is 13.4. The molecule has 220 valence electrons. The number of benzene rings is 4. The van der Waals surface area contributed by atoms with Gasteiger partial charge in [0.25, 0.3) is 16.0 Å². The number of aryl methyl sites for hydroxylation is 1. The molecular formula is C33H30N2O7S. The zero-order chi connectivity index (χ0) is 30.2. The predicted molar refractivity (Wildman–Crippen MR) is 164 cm³/mol. The molecule has 0 atom stereocenters. The molecular weight excluding hydrogens is 568 g/mol. The van der Waals surface area contributed by atoms with E-state index in [4.69, 9.17) is 18.4 Å². The minimum atomic E-state index is -3.84. The number of methoxy groups -OCH3 is 1. The van der Waals surface area contributed by atoms with Gasteiger partial charge in [0.2, 0.25) is 0 Å². The van der Waals surface area contributed by atoms with Crippen LogP contribution >= 0.6 is 0 Å². The van der Waals surface area contributed by atoms with Crippen molar-refractivity contribution in [2.45, 2.75) is 18.2 Å². The maximum Gasteiger partial charge on any atom is 0.296 e. The lowest BCUT2D eigenvalue weighted by molar-refractivity contribution is 0.102. The smallest absolute Gasteiger partial charge is 0.296 e. The second-order valence-electron chi connectivity index (χ2n) is 9.57. The number of rotatable bonds is 12. The number of ether oxygens (including phenoxy) is 3. The van der Waals surface area contributed by atoms with E-state index in [1.165, 1.54) is 13.2 Å². The molecule has 10 heteroatoms. The number of anilines is 1. The average Bonchev–Trinajstić information content (AvgIpc) is 3.02. The molecule has 0 aliphatic heterocycles. The van der Waals surface area contributed by atoms with Gasteiger partial charge in [-0.15, -0.1) is 0 Å². The van der Waals surface area contributed by atoms with Gasteiger partial charge in [0.05, 0.1) is 30.7 Å². The van der Waals surface area contributed by atoms with Gasteiger partial charge >= 0.3 is 0 Å². The molecule has 5 rings (SSSR count). The molecule has 0 unspecified atom stereocenters. The van der Waals surface area contributed by atoms with E-state index in [2.05, 4.69) is 10.3 Å². The molecule has 0 saturated carbocycles. The Balaban J connectivity index is 1.21. The number of nitrogens with zero attached hydrogens (tertiary/aromatic N) is 1. The molecule has 0 aliphatic carbocycles. The number of carbonyl (C=O) groups is 1. The number of carbonyl (C=O) groups excluding carboxylic acids is 1. The number of amides is 1. The number of nitrogens with one attached hydrogen (secondary N) is 1. The van der Waals surface area contributed by atoms with Crippen LogP contribution in [-0.4, -0.2) is 39.6 Å². The largest absolute Gasteiger partial charge is 0.493 e. The molecule has 1 heterocycles. The van der Waals surface area contributed by atoms with Gasteiger partial charge in [-0.3, -0.25) is 14.0 Å². The number of aromatic nitrogens is 1. The van der Waals surface area contributed by atoms with Crippen molar-refractivity contribution in [3.05, 3.63) is 114 Å². The Kier molecular flexibility index (Phi) is 9.19. The molecule has 0 saturated heterocycles. The number of pyridine rings is 1. The first kappa shape index (κ1) is 29.6. The Morgan fingerprint density at radius 1 is 0.837 bits per heavy atom. The summed E-state index contributed by atoms with van der Waals surface area (Å²) in [5, 5.41) is 3.58. The molecule has 1 amide bonds. The fourth-order valence-corrected chi connectivity index (χ4v) is 5.31. The Morgan fingerprint density at radius 2 is 1.63 bits per heavy atom. The Hall–Kier alpha value is -4.93. The maximum atomic E-state index is 12.4. The van der Waals surface area contributed by atoms with E-state index in [1.54, 1.807) is 72.9 Å². The second-order valence-corrected chi connectivity index (χ2v) is 11.2. The van der Waals surface area contributed by atoms with Gasteiger partial charge in [-0.1, -0.05) is 30.3 Å². The van der Waals surface area contributed by atoms with Crippen molar-refractivity contribution in [2.75, 3.05) is 25.6 Å². The minimum Gasteiger partial charge on any atom is -0.493 e. The van der Waals surface area contributed by atoms with E-state index in [9.17, 15) is 13.2 Å².